The van der Waals surface area contributed by atoms with E-state index < -0.39 is 5.97 Å². The summed E-state index contributed by atoms with van der Waals surface area (Å²) < 4.78 is 16.0. The maximum atomic E-state index is 11.9. The summed E-state index contributed by atoms with van der Waals surface area (Å²) in [5, 5.41) is 1.01. The first-order valence-electron chi connectivity index (χ1n) is 7.22. The van der Waals surface area contributed by atoms with Crippen LogP contribution < -0.4 is 0 Å². The van der Waals surface area contributed by atoms with E-state index in [0.717, 1.165) is 0 Å². The van der Waals surface area contributed by atoms with E-state index in [-0.39, 0.29) is 11.6 Å². The van der Waals surface area contributed by atoms with E-state index in [0.29, 0.717) is 32.9 Å². The predicted octanol–water partition coefficient (Wildman–Crippen LogP) is 5.19. The average molecular weight is 374 g/mol. The van der Waals surface area contributed by atoms with Gasteiger partial charge in [-0.15, -0.1) is 0 Å². The quantitative estimate of drug-likeness (QED) is 0.467. The van der Waals surface area contributed by atoms with Gasteiger partial charge in [0.15, 0.2) is 11.5 Å². The second-order valence-corrected chi connectivity index (χ2v) is 5.98. The lowest BCUT2D eigenvalue weighted by atomic mass is 10.2. The van der Waals surface area contributed by atoms with E-state index in [1.54, 1.807) is 42.5 Å². The fraction of sp³-hybridized carbons (Fsp3) is 0. The van der Waals surface area contributed by atoms with E-state index in [4.69, 9.17) is 36.8 Å². The Kier molecular flexibility index (Phi) is 3.95. The lowest BCUT2D eigenvalue weighted by Gasteiger charge is -2.00. The molecule has 25 heavy (non-hydrogen) atoms. The summed E-state index contributed by atoms with van der Waals surface area (Å²) in [4.78, 5) is 16.1. The number of esters is 1. The van der Waals surface area contributed by atoms with Gasteiger partial charge in [0.1, 0.15) is 11.5 Å². The van der Waals surface area contributed by atoms with Crippen LogP contribution in [0.3, 0.4) is 0 Å². The molecule has 0 atom stereocenters. The molecule has 0 spiro atoms. The van der Waals surface area contributed by atoms with Crippen molar-refractivity contribution < 1.29 is 18.4 Å². The van der Waals surface area contributed by atoms with Gasteiger partial charge in [-0.1, -0.05) is 23.2 Å². The van der Waals surface area contributed by atoms with Crippen LogP contribution in [0.15, 0.2) is 68.3 Å². The Morgan fingerprint density at radius 2 is 1.92 bits per heavy atom. The fourth-order valence-electron chi connectivity index (χ4n) is 2.31. The Bertz CT molecular complexity index is 1020. The molecule has 0 amide bonds. The summed E-state index contributed by atoms with van der Waals surface area (Å²) in [6.07, 6.45) is 2.97. The number of hydrogen-bond donors (Lipinski definition) is 0. The molecule has 7 heteroatoms. The molecule has 0 bridgehead atoms. The highest BCUT2D eigenvalue weighted by atomic mass is 35.5. The maximum Gasteiger partial charge on any atom is 0.364 e. The molecule has 0 saturated heterocycles. The minimum Gasteiger partial charge on any atom is -0.459 e. The second kappa shape index (κ2) is 6.27. The van der Waals surface area contributed by atoms with Crippen molar-refractivity contribution in [3.8, 4) is 11.3 Å². The van der Waals surface area contributed by atoms with Gasteiger partial charge in [0.2, 0.25) is 0 Å². The van der Waals surface area contributed by atoms with Crippen LogP contribution in [0, 0.1) is 0 Å². The normalized spacial score (nSPS) is 15.5. The minimum absolute atomic E-state index is 0.119. The number of rotatable bonds is 3. The predicted molar refractivity (Wildman–Crippen MR) is 93.5 cm³/mol. The lowest BCUT2D eigenvalue weighted by molar-refractivity contribution is -0.130. The van der Waals surface area contributed by atoms with E-state index >= 15 is 0 Å². The van der Waals surface area contributed by atoms with Gasteiger partial charge >= 0.3 is 5.97 Å². The van der Waals surface area contributed by atoms with Crippen LogP contribution in [-0.4, -0.2) is 11.9 Å². The molecule has 0 radical (unpaired) electrons. The van der Waals surface area contributed by atoms with Crippen molar-refractivity contribution in [2.45, 2.75) is 0 Å². The SMILES string of the molecule is O=C1OC(c2ccco2)=N/C1=C\c1ccc(-c2ccc(Cl)cc2Cl)o1. The van der Waals surface area contributed by atoms with E-state index in [9.17, 15) is 4.79 Å². The third-order valence-electron chi connectivity index (χ3n) is 3.45. The molecule has 3 heterocycles. The Morgan fingerprint density at radius 3 is 2.68 bits per heavy atom. The standard InChI is InChI=1S/C18H9Cl2NO4/c19-10-3-5-12(13(20)8-10)15-6-4-11(24-15)9-14-18(22)25-17(21-14)16-2-1-7-23-16/h1-9H/b14-9-. The van der Waals surface area contributed by atoms with Crippen LogP contribution >= 0.6 is 23.2 Å². The van der Waals surface area contributed by atoms with Gasteiger partial charge in [0.05, 0.1) is 11.3 Å². The molecule has 2 aromatic heterocycles. The zero-order valence-corrected chi connectivity index (χ0v) is 14.0. The molecular formula is C18H9Cl2NO4. The summed E-state index contributed by atoms with van der Waals surface area (Å²) in [5.41, 5.74) is 0.819. The van der Waals surface area contributed by atoms with Crippen molar-refractivity contribution in [2.24, 2.45) is 4.99 Å². The smallest absolute Gasteiger partial charge is 0.364 e. The average Bonchev–Trinajstić information content (AvgIpc) is 3.30. The molecule has 0 N–H and O–H groups in total. The van der Waals surface area contributed by atoms with Gasteiger partial charge in [0, 0.05) is 16.7 Å². The van der Waals surface area contributed by atoms with Gasteiger partial charge in [-0.2, -0.15) is 0 Å². The highest BCUT2D eigenvalue weighted by Crippen LogP contribution is 2.32. The van der Waals surface area contributed by atoms with Crippen molar-refractivity contribution in [1.82, 2.24) is 0 Å². The van der Waals surface area contributed by atoms with Crippen LogP contribution in [0.5, 0.6) is 0 Å². The number of benzene rings is 1. The molecule has 124 valence electrons. The summed E-state index contributed by atoms with van der Waals surface area (Å²) in [6.45, 7) is 0. The van der Waals surface area contributed by atoms with Crippen molar-refractivity contribution in [3.05, 3.63) is 76.0 Å². The summed E-state index contributed by atoms with van der Waals surface area (Å²) >= 11 is 12.1. The van der Waals surface area contributed by atoms with Crippen molar-refractivity contribution in [1.29, 1.82) is 0 Å². The molecule has 0 aliphatic carbocycles. The number of halogens is 2. The van der Waals surface area contributed by atoms with Crippen molar-refractivity contribution in [3.63, 3.8) is 0 Å². The third kappa shape index (κ3) is 3.12. The maximum absolute atomic E-state index is 11.9. The number of aliphatic imine (C=N–C) groups is 1. The van der Waals surface area contributed by atoms with Gasteiger partial charge in [-0.05, 0) is 42.5 Å². The van der Waals surface area contributed by atoms with Crippen LogP contribution in [0.25, 0.3) is 17.4 Å². The number of hydrogen-bond acceptors (Lipinski definition) is 5. The number of carbonyl (C=O) groups is 1. The molecular weight excluding hydrogens is 365 g/mol. The van der Waals surface area contributed by atoms with Crippen LogP contribution in [0.4, 0.5) is 0 Å². The van der Waals surface area contributed by atoms with Crippen LogP contribution in [0.2, 0.25) is 10.0 Å². The minimum atomic E-state index is -0.575. The largest absolute Gasteiger partial charge is 0.459 e. The zero-order chi connectivity index (χ0) is 17.4. The third-order valence-corrected chi connectivity index (χ3v) is 4.00. The first-order chi connectivity index (χ1) is 12.1. The summed E-state index contributed by atoms with van der Waals surface area (Å²) in [5.74, 6) is 0.917. The highest BCUT2D eigenvalue weighted by molar-refractivity contribution is 6.36. The van der Waals surface area contributed by atoms with E-state index in [2.05, 4.69) is 4.99 Å². The van der Waals surface area contributed by atoms with E-state index in [1.807, 2.05) is 0 Å². The molecule has 1 aliphatic heterocycles. The Labute approximate surface area is 152 Å². The molecule has 4 rings (SSSR count). The second-order valence-electron chi connectivity index (χ2n) is 5.14. The first-order valence-corrected chi connectivity index (χ1v) is 7.97. The van der Waals surface area contributed by atoms with Gasteiger partial charge in [-0.25, -0.2) is 9.79 Å². The number of nitrogens with zero attached hydrogens (tertiary/aromatic N) is 1. The number of cyclic esters (lactones) is 1. The number of carbonyl (C=O) groups excluding carboxylic acids is 1. The molecule has 5 nitrogen and oxygen atoms in total. The number of furan rings is 2. The van der Waals surface area contributed by atoms with Crippen LogP contribution in [-0.2, 0) is 9.53 Å². The van der Waals surface area contributed by atoms with Gasteiger partial charge in [0.25, 0.3) is 5.90 Å². The Hall–Kier alpha value is -2.76. The number of ether oxygens (including phenoxy) is 1. The zero-order valence-electron chi connectivity index (χ0n) is 12.5. The molecule has 1 aromatic carbocycles. The molecule has 0 saturated carbocycles. The van der Waals surface area contributed by atoms with Crippen LogP contribution in [0.1, 0.15) is 11.5 Å². The summed E-state index contributed by atoms with van der Waals surface area (Å²) in [6, 6.07) is 11.9. The molecule has 3 aromatic rings. The first kappa shape index (κ1) is 15.7. The molecule has 0 unspecified atom stereocenters. The van der Waals surface area contributed by atoms with Crippen molar-refractivity contribution in [2.75, 3.05) is 0 Å². The van der Waals surface area contributed by atoms with Gasteiger partial charge < -0.3 is 13.6 Å². The Morgan fingerprint density at radius 1 is 1.04 bits per heavy atom. The van der Waals surface area contributed by atoms with E-state index in [1.165, 1.54) is 12.3 Å². The summed E-state index contributed by atoms with van der Waals surface area (Å²) in [7, 11) is 0. The van der Waals surface area contributed by atoms with Crippen molar-refractivity contribution >= 4 is 41.1 Å². The molecule has 0 fully saturated rings. The topological polar surface area (TPSA) is 64.9 Å². The monoisotopic (exact) mass is 373 g/mol. The molecule has 1 aliphatic rings. The fourth-order valence-corrected chi connectivity index (χ4v) is 2.82. The van der Waals surface area contributed by atoms with Gasteiger partial charge in [-0.3, -0.25) is 0 Å². The lowest BCUT2D eigenvalue weighted by Crippen LogP contribution is -2.04. The highest BCUT2D eigenvalue weighted by Gasteiger charge is 2.26. The Balaban J connectivity index is 1.64.